The summed E-state index contributed by atoms with van der Waals surface area (Å²) in [5, 5.41) is 2.17. The van der Waals surface area contributed by atoms with Crippen LogP contribution in [0, 0.1) is 17.5 Å². The van der Waals surface area contributed by atoms with Crippen LogP contribution in [0.4, 0.5) is 18.9 Å². The molecule has 4 nitrogen and oxygen atoms in total. The molecule has 0 saturated carbocycles. The van der Waals surface area contributed by atoms with Crippen LogP contribution in [0.25, 0.3) is 0 Å². The maximum absolute atomic E-state index is 13.7. The number of hydrogen-bond donors (Lipinski definition) is 1. The molecule has 0 heterocycles. The Morgan fingerprint density at radius 2 is 1.92 bits per heavy atom. The van der Waals surface area contributed by atoms with Gasteiger partial charge in [0.2, 0.25) is 0 Å². The number of benzene rings is 2. The summed E-state index contributed by atoms with van der Waals surface area (Å²) in [4.78, 5) is 12.2. The Kier molecular flexibility index (Phi) is 6.27. The Morgan fingerprint density at radius 3 is 2.58 bits per heavy atom. The number of halogens is 3. The van der Waals surface area contributed by atoms with Crippen molar-refractivity contribution in [2.75, 3.05) is 12.4 Å². The number of amides is 1. The number of allylic oxidation sites excluding steroid dienone is 1. The summed E-state index contributed by atoms with van der Waals surface area (Å²) >= 11 is 0. The van der Waals surface area contributed by atoms with Crippen molar-refractivity contribution >= 4 is 11.6 Å². The molecule has 2 aromatic rings. The molecule has 0 saturated heterocycles. The van der Waals surface area contributed by atoms with Crippen LogP contribution >= 0.6 is 0 Å². The standard InChI is InChI=1S/C19H18F3NO3/c1-4-5-12-6-9-15(16(10-12)25-3)26-11(2)19(24)23-14-8-7-13(20)17(21)18(14)22/h4,6-11H,1,5H2,2-3H3,(H,23,24). The average Bonchev–Trinajstić information content (AvgIpc) is 2.63. The van der Waals surface area contributed by atoms with Crippen molar-refractivity contribution in [3.8, 4) is 11.5 Å². The summed E-state index contributed by atoms with van der Waals surface area (Å²) in [6.45, 7) is 5.09. The van der Waals surface area contributed by atoms with Gasteiger partial charge < -0.3 is 14.8 Å². The summed E-state index contributed by atoms with van der Waals surface area (Å²) < 4.78 is 50.6. The number of anilines is 1. The molecule has 0 aliphatic heterocycles. The Labute approximate surface area is 149 Å². The molecule has 1 N–H and O–H groups in total. The molecular formula is C19H18F3NO3. The van der Waals surface area contributed by atoms with Gasteiger partial charge in [-0.15, -0.1) is 6.58 Å². The van der Waals surface area contributed by atoms with Crippen molar-refractivity contribution in [3.63, 3.8) is 0 Å². The number of nitrogens with one attached hydrogen (secondary N) is 1. The van der Waals surface area contributed by atoms with Crippen molar-refractivity contribution < 1.29 is 27.4 Å². The Morgan fingerprint density at radius 1 is 1.19 bits per heavy atom. The highest BCUT2D eigenvalue weighted by Crippen LogP contribution is 2.29. The van der Waals surface area contributed by atoms with Crippen LogP contribution in [-0.4, -0.2) is 19.1 Å². The highest BCUT2D eigenvalue weighted by atomic mass is 19.2. The lowest BCUT2D eigenvalue weighted by Gasteiger charge is -2.17. The zero-order valence-electron chi connectivity index (χ0n) is 14.3. The van der Waals surface area contributed by atoms with Gasteiger partial charge >= 0.3 is 0 Å². The monoisotopic (exact) mass is 365 g/mol. The first-order valence-electron chi connectivity index (χ1n) is 7.76. The van der Waals surface area contributed by atoms with Crippen LogP contribution in [-0.2, 0) is 11.2 Å². The first-order valence-corrected chi connectivity index (χ1v) is 7.76. The van der Waals surface area contributed by atoms with Gasteiger partial charge in [-0.2, -0.15) is 0 Å². The van der Waals surface area contributed by atoms with Gasteiger partial charge in [-0.3, -0.25) is 4.79 Å². The Hall–Kier alpha value is -2.96. The molecule has 0 fully saturated rings. The van der Waals surface area contributed by atoms with Crippen LogP contribution in [0.3, 0.4) is 0 Å². The highest BCUT2D eigenvalue weighted by molar-refractivity contribution is 5.94. The molecule has 2 aromatic carbocycles. The van der Waals surface area contributed by atoms with Crippen molar-refractivity contribution in [1.29, 1.82) is 0 Å². The molecule has 0 radical (unpaired) electrons. The van der Waals surface area contributed by atoms with Gasteiger partial charge in [0.1, 0.15) is 0 Å². The fourth-order valence-electron chi connectivity index (χ4n) is 2.20. The highest BCUT2D eigenvalue weighted by Gasteiger charge is 2.20. The van der Waals surface area contributed by atoms with E-state index in [1.807, 2.05) is 0 Å². The van der Waals surface area contributed by atoms with E-state index < -0.39 is 35.2 Å². The van der Waals surface area contributed by atoms with Crippen LogP contribution in [0.5, 0.6) is 11.5 Å². The molecule has 26 heavy (non-hydrogen) atoms. The number of rotatable bonds is 7. The van der Waals surface area contributed by atoms with Gasteiger partial charge in [-0.05, 0) is 43.2 Å². The van der Waals surface area contributed by atoms with E-state index in [4.69, 9.17) is 9.47 Å². The van der Waals surface area contributed by atoms with E-state index >= 15 is 0 Å². The third kappa shape index (κ3) is 4.36. The summed E-state index contributed by atoms with van der Waals surface area (Å²) in [7, 11) is 1.46. The summed E-state index contributed by atoms with van der Waals surface area (Å²) in [6.07, 6.45) is 1.34. The van der Waals surface area contributed by atoms with Gasteiger partial charge in [-0.1, -0.05) is 12.1 Å². The van der Waals surface area contributed by atoms with Gasteiger partial charge in [0.05, 0.1) is 12.8 Å². The Balaban J connectivity index is 2.12. The zero-order chi connectivity index (χ0) is 19.3. The zero-order valence-corrected chi connectivity index (χ0v) is 14.3. The second-order valence-corrected chi connectivity index (χ2v) is 5.45. The van der Waals surface area contributed by atoms with E-state index in [1.54, 1.807) is 24.3 Å². The lowest BCUT2D eigenvalue weighted by atomic mass is 10.1. The number of methoxy groups -OCH3 is 1. The summed E-state index contributed by atoms with van der Waals surface area (Å²) in [5.74, 6) is -4.47. The van der Waals surface area contributed by atoms with Crippen molar-refractivity contribution in [1.82, 2.24) is 0 Å². The first kappa shape index (κ1) is 19.4. The van der Waals surface area contributed by atoms with E-state index in [9.17, 15) is 18.0 Å². The minimum atomic E-state index is -1.66. The van der Waals surface area contributed by atoms with E-state index in [0.29, 0.717) is 17.9 Å². The van der Waals surface area contributed by atoms with Gasteiger partial charge in [0.15, 0.2) is 35.1 Å². The number of carbonyl (C=O) groups is 1. The SMILES string of the molecule is C=CCc1ccc(OC(C)C(=O)Nc2ccc(F)c(F)c2F)c(OC)c1. The predicted molar refractivity (Wildman–Crippen MR) is 91.9 cm³/mol. The number of carbonyl (C=O) groups excluding carboxylic acids is 1. The second-order valence-electron chi connectivity index (χ2n) is 5.45. The van der Waals surface area contributed by atoms with Crippen LogP contribution < -0.4 is 14.8 Å². The third-order valence-electron chi connectivity index (χ3n) is 3.57. The molecule has 1 unspecified atom stereocenters. The molecule has 0 bridgehead atoms. The average molecular weight is 365 g/mol. The molecule has 1 atom stereocenters. The lowest BCUT2D eigenvalue weighted by molar-refractivity contribution is -0.122. The second kappa shape index (κ2) is 8.42. The maximum Gasteiger partial charge on any atom is 0.265 e. The minimum Gasteiger partial charge on any atom is -0.493 e. The molecule has 138 valence electrons. The van der Waals surface area contributed by atoms with E-state index in [0.717, 1.165) is 17.7 Å². The smallest absolute Gasteiger partial charge is 0.265 e. The molecular weight excluding hydrogens is 347 g/mol. The molecule has 2 rings (SSSR count). The minimum absolute atomic E-state index is 0.314. The first-order chi connectivity index (χ1) is 12.4. The van der Waals surface area contributed by atoms with E-state index in [2.05, 4.69) is 11.9 Å². The topological polar surface area (TPSA) is 47.6 Å². The fraction of sp³-hybridized carbons (Fsp3) is 0.211. The molecule has 1 amide bonds. The van der Waals surface area contributed by atoms with Crippen molar-refractivity contribution in [3.05, 3.63) is 66.0 Å². The molecule has 7 heteroatoms. The predicted octanol–water partition coefficient (Wildman–Crippen LogP) is 4.25. The van der Waals surface area contributed by atoms with E-state index in [1.165, 1.54) is 14.0 Å². The lowest BCUT2D eigenvalue weighted by Crippen LogP contribution is -2.30. The number of hydrogen-bond acceptors (Lipinski definition) is 3. The van der Waals surface area contributed by atoms with Gasteiger partial charge in [0, 0.05) is 0 Å². The Bertz CT molecular complexity index is 824. The summed E-state index contributed by atoms with van der Waals surface area (Å²) in [5.41, 5.74) is 0.475. The molecule has 0 aromatic heterocycles. The normalized spacial score (nSPS) is 11.6. The quantitative estimate of drug-likeness (QED) is 0.590. The maximum atomic E-state index is 13.7. The third-order valence-corrected chi connectivity index (χ3v) is 3.57. The largest absolute Gasteiger partial charge is 0.493 e. The van der Waals surface area contributed by atoms with Crippen molar-refractivity contribution in [2.24, 2.45) is 0 Å². The van der Waals surface area contributed by atoms with Gasteiger partial charge in [-0.25, -0.2) is 13.2 Å². The van der Waals surface area contributed by atoms with Crippen LogP contribution in [0.2, 0.25) is 0 Å². The number of ether oxygens (including phenoxy) is 2. The molecule has 0 spiro atoms. The fourth-order valence-corrected chi connectivity index (χ4v) is 2.20. The summed E-state index contributed by atoms with van der Waals surface area (Å²) in [6, 6.07) is 6.83. The van der Waals surface area contributed by atoms with Gasteiger partial charge in [0.25, 0.3) is 5.91 Å². The van der Waals surface area contributed by atoms with Crippen LogP contribution in [0.15, 0.2) is 43.0 Å². The van der Waals surface area contributed by atoms with Crippen molar-refractivity contribution in [2.45, 2.75) is 19.4 Å². The van der Waals surface area contributed by atoms with Crippen LogP contribution in [0.1, 0.15) is 12.5 Å². The van der Waals surface area contributed by atoms with E-state index in [-0.39, 0.29) is 0 Å². The molecule has 0 aliphatic rings. The molecule has 0 aliphatic carbocycles.